The second-order valence-electron chi connectivity index (χ2n) is 3.15. The van der Waals surface area contributed by atoms with E-state index in [1.165, 1.54) is 0 Å². The van der Waals surface area contributed by atoms with Crippen LogP contribution in [-0.2, 0) is 0 Å². The van der Waals surface area contributed by atoms with Crippen molar-refractivity contribution in [2.45, 2.75) is 0 Å². The monoisotopic (exact) mass is 325 g/mol. The maximum atomic E-state index is 3.46. The minimum atomic E-state index is 1.05. The van der Waals surface area contributed by atoms with Crippen LogP contribution in [0.15, 0.2) is 57.5 Å². The van der Waals surface area contributed by atoms with Crippen LogP contribution in [-0.4, -0.2) is 0 Å². The molecule has 0 amide bonds. The minimum Gasteiger partial charge on any atom is -0.355 e. The van der Waals surface area contributed by atoms with Gasteiger partial charge in [0.1, 0.15) is 0 Å². The van der Waals surface area contributed by atoms with Gasteiger partial charge in [-0.2, -0.15) is 0 Å². The lowest BCUT2D eigenvalue weighted by Crippen LogP contribution is -1.89. The molecule has 0 heterocycles. The van der Waals surface area contributed by atoms with Crippen LogP contribution in [0, 0.1) is 0 Å². The van der Waals surface area contributed by atoms with Crippen LogP contribution < -0.4 is 5.32 Å². The second-order valence-corrected chi connectivity index (χ2v) is 4.98. The fraction of sp³-hybridized carbons (Fsp3) is 0. The molecule has 0 aliphatic carbocycles. The van der Waals surface area contributed by atoms with Crippen molar-refractivity contribution in [2.24, 2.45) is 0 Å². The van der Waals surface area contributed by atoms with Gasteiger partial charge in [0, 0.05) is 20.3 Å². The van der Waals surface area contributed by atoms with Crippen LogP contribution in [0.1, 0.15) is 0 Å². The van der Waals surface area contributed by atoms with Crippen molar-refractivity contribution in [2.75, 3.05) is 5.32 Å². The van der Waals surface area contributed by atoms with Crippen molar-refractivity contribution in [1.29, 1.82) is 0 Å². The topological polar surface area (TPSA) is 12.0 Å². The highest BCUT2D eigenvalue weighted by molar-refractivity contribution is 9.11. The zero-order valence-electron chi connectivity index (χ0n) is 7.87. The molecular weight excluding hydrogens is 318 g/mol. The van der Waals surface area contributed by atoms with E-state index in [1.807, 2.05) is 48.5 Å². The number of halogens is 2. The molecule has 0 fully saturated rings. The van der Waals surface area contributed by atoms with Gasteiger partial charge in [-0.05, 0) is 30.3 Å². The lowest BCUT2D eigenvalue weighted by atomic mass is 10.3. The Labute approximate surface area is 106 Å². The van der Waals surface area contributed by atoms with Gasteiger partial charge in [-0.3, -0.25) is 0 Å². The molecule has 0 aliphatic heterocycles. The first-order chi connectivity index (χ1) is 7.24. The molecule has 0 radical (unpaired) electrons. The Kier molecular flexibility index (Phi) is 3.44. The number of rotatable bonds is 2. The average Bonchev–Trinajstić information content (AvgIpc) is 2.17. The highest BCUT2D eigenvalue weighted by Gasteiger charge is 1.97. The molecule has 2 aromatic carbocycles. The van der Waals surface area contributed by atoms with Gasteiger partial charge in [-0.25, -0.2) is 0 Å². The molecule has 0 aliphatic rings. The van der Waals surface area contributed by atoms with Crippen LogP contribution in [0.3, 0.4) is 0 Å². The van der Waals surface area contributed by atoms with E-state index in [-0.39, 0.29) is 0 Å². The molecule has 1 nitrogen and oxygen atoms in total. The van der Waals surface area contributed by atoms with E-state index in [2.05, 4.69) is 37.2 Å². The molecule has 0 spiro atoms. The lowest BCUT2D eigenvalue weighted by Gasteiger charge is -2.07. The van der Waals surface area contributed by atoms with Crippen LogP contribution >= 0.6 is 31.9 Å². The summed E-state index contributed by atoms with van der Waals surface area (Å²) in [7, 11) is 0. The van der Waals surface area contributed by atoms with E-state index in [4.69, 9.17) is 0 Å². The van der Waals surface area contributed by atoms with Crippen LogP contribution in [0.2, 0.25) is 0 Å². The van der Waals surface area contributed by atoms with Crippen molar-refractivity contribution < 1.29 is 0 Å². The van der Waals surface area contributed by atoms with Gasteiger partial charge in [-0.1, -0.05) is 50.1 Å². The molecule has 0 bridgehead atoms. The summed E-state index contributed by atoms with van der Waals surface area (Å²) in [5, 5.41) is 3.33. The lowest BCUT2D eigenvalue weighted by molar-refractivity contribution is 1.51. The highest BCUT2D eigenvalue weighted by atomic mass is 79.9. The van der Waals surface area contributed by atoms with Gasteiger partial charge in [0.05, 0.1) is 0 Å². The summed E-state index contributed by atoms with van der Waals surface area (Å²) in [5.74, 6) is 0. The third-order valence-electron chi connectivity index (χ3n) is 1.93. The predicted molar refractivity (Wildman–Crippen MR) is 71.6 cm³/mol. The van der Waals surface area contributed by atoms with Crippen molar-refractivity contribution in [1.82, 2.24) is 0 Å². The number of benzene rings is 2. The Morgan fingerprint density at radius 1 is 0.733 bits per heavy atom. The zero-order valence-corrected chi connectivity index (χ0v) is 11.0. The number of para-hydroxylation sites is 1. The molecule has 2 aromatic rings. The largest absolute Gasteiger partial charge is 0.355 e. The van der Waals surface area contributed by atoms with Crippen LogP contribution in [0.25, 0.3) is 0 Å². The standard InChI is InChI=1S/C12H9Br2N/c13-9-6-10(14)8-12(7-9)15-11-4-2-1-3-5-11/h1-8,15H. The molecule has 2 rings (SSSR count). The third kappa shape index (κ3) is 3.08. The quantitative estimate of drug-likeness (QED) is 0.822. The maximum Gasteiger partial charge on any atom is 0.0406 e. The van der Waals surface area contributed by atoms with Crippen molar-refractivity contribution >= 4 is 43.2 Å². The van der Waals surface area contributed by atoms with Gasteiger partial charge in [0.25, 0.3) is 0 Å². The number of hydrogen-bond acceptors (Lipinski definition) is 1. The number of anilines is 2. The summed E-state index contributed by atoms with van der Waals surface area (Å²) in [4.78, 5) is 0. The summed E-state index contributed by atoms with van der Waals surface area (Å²) in [6.07, 6.45) is 0. The first-order valence-electron chi connectivity index (χ1n) is 4.52. The molecule has 0 saturated heterocycles. The molecular formula is C12H9Br2N. The summed E-state index contributed by atoms with van der Waals surface area (Å²) in [6, 6.07) is 16.2. The Morgan fingerprint density at radius 2 is 1.33 bits per heavy atom. The molecule has 15 heavy (non-hydrogen) atoms. The van der Waals surface area contributed by atoms with Gasteiger partial charge >= 0.3 is 0 Å². The molecule has 0 atom stereocenters. The average molecular weight is 327 g/mol. The zero-order chi connectivity index (χ0) is 10.7. The van der Waals surface area contributed by atoms with Crippen molar-refractivity contribution in [3.8, 4) is 0 Å². The highest BCUT2D eigenvalue weighted by Crippen LogP contribution is 2.25. The summed E-state index contributed by atoms with van der Waals surface area (Å²) in [6.45, 7) is 0. The molecule has 76 valence electrons. The molecule has 1 N–H and O–H groups in total. The first-order valence-corrected chi connectivity index (χ1v) is 6.11. The number of nitrogens with one attached hydrogen (secondary N) is 1. The Balaban J connectivity index is 2.25. The van der Waals surface area contributed by atoms with Gasteiger partial charge in [-0.15, -0.1) is 0 Å². The summed E-state index contributed by atoms with van der Waals surface area (Å²) >= 11 is 6.91. The molecule has 3 heteroatoms. The summed E-state index contributed by atoms with van der Waals surface area (Å²) in [5.41, 5.74) is 2.14. The fourth-order valence-electron chi connectivity index (χ4n) is 1.31. The Bertz CT molecular complexity index is 434. The fourth-order valence-corrected chi connectivity index (χ4v) is 2.61. The van der Waals surface area contributed by atoms with Crippen molar-refractivity contribution in [3.05, 3.63) is 57.5 Å². The van der Waals surface area contributed by atoms with Gasteiger partial charge in [0.15, 0.2) is 0 Å². The van der Waals surface area contributed by atoms with Crippen molar-refractivity contribution in [3.63, 3.8) is 0 Å². The predicted octanol–water partition coefficient (Wildman–Crippen LogP) is 4.96. The first kappa shape index (κ1) is 10.7. The smallest absolute Gasteiger partial charge is 0.0406 e. The number of hydrogen-bond donors (Lipinski definition) is 1. The molecule has 0 saturated carbocycles. The van der Waals surface area contributed by atoms with E-state index >= 15 is 0 Å². The second kappa shape index (κ2) is 4.81. The normalized spacial score (nSPS) is 10.0. The Hall–Kier alpha value is -0.800. The van der Waals surface area contributed by atoms with Crippen LogP contribution in [0.5, 0.6) is 0 Å². The van der Waals surface area contributed by atoms with E-state index < -0.39 is 0 Å². The van der Waals surface area contributed by atoms with E-state index in [1.54, 1.807) is 0 Å². The third-order valence-corrected chi connectivity index (χ3v) is 2.84. The van der Waals surface area contributed by atoms with Crippen LogP contribution in [0.4, 0.5) is 11.4 Å². The van der Waals surface area contributed by atoms with Gasteiger partial charge in [0.2, 0.25) is 0 Å². The molecule has 0 aromatic heterocycles. The van der Waals surface area contributed by atoms with E-state index in [9.17, 15) is 0 Å². The SMILES string of the molecule is Brc1cc(Br)cc(Nc2ccccc2)c1. The summed E-state index contributed by atoms with van der Waals surface area (Å²) < 4.78 is 2.10. The Morgan fingerprint density at radius 3 is 1.93 bits per heavy atom. The van der Waals surface area contributed by atoms with E-state index in [0.29, 0.717) is 0 Å². The van der Waals surface area contributed by atoms with Gasteiger partial charge < -0.3 is 5.32 Å². The molecule has 0 unspecified atom stereocenters. The minimum absolute atomic E-state index is 1.05. The maximum absolute atomic E-state index is 3.46. The van der Waals surface area contributed by atoms with E-state index in [0.717, 1.165) is 20.3 Å².